The molecule has 2 atom stereocenters. The molecule has 0 saturated carbocycles. The fourth-order valence-corrected chi connectivity index (χ4v) is 1.54. The van der Waals surface area contributed by atoms with Gasteiger partial charge >= 0.3 is 0 Å². The highest BCUT2D eigenvalue weighted by Gasteiger charge is 2.17. The van der Waals surface area contributed by atoms with E-state index in [1.165, 1.54) is 0 Å². The van der Waals surface area contributed by atoms with Crippen molar-refractivity contribution in [2.45, 2.75) is 25.6 Å². The Morgan fingerprint density at radius 2 is 2.31 bits per heavy atom. The number of nitrogens with zero attached hydrogens (tertiary/aromatic N) is 1. The van der Waals surface area contributed by atoms with Crippen LogP contribution in [-0.4, -0.2) is 4.98 Å². The first-order valence-electron chi connectivity index (χ1n) is 4.51. The third-order valence-corrected chi connectivity index (χ3v) is 2.98. The van der Waals surface area contributed by atoms with E-state index in [9.17, 15) is 0 Å². The number of hydrogen-bond acceptors (Lipinski definition) is 2. The number of hydrogen-bond donors (Lipinski definition) is 1. The average molecular weight is 199 g/mol. The molecule has 0 aliphatic carbocycles. The SMILES string of the molecule is CCC(C)C(Cl)c1cccnc1N. The number of rotatable bonds is 3. The number of alkyl halides is 1. The van der Waals surface area contributed by atoms with Crippen LogP contribution in [0.5, 0.6) is 0 Å². The maximum absolute atomic E-state index is 6.24. The maximum Gasteiger partial charge on any atom is 0.128 e. The normalized spacial score (nSPS) is 15.3. The molecule has 1 aromatic rings. The van der Waals surface area contributed by atoms with E-state index in [1.807, 2.05) is 12.1 Å². The summed E-state index contributed by atoms with van der Waals surface area (Å²) in [6.07, 6.45) is 2.72. The molecule has 0 aromatic carbocycles. The van der Waals surface area contributed by atoms with Crippen LogP contribution in [0.3, 0.4) is 0 Å². The van der Waals surface area contributed by atoms with Crippen molar-refractivity contribution >= 4 is 17.4 Å². The van der Waals surface area contributed by atoms with Gasteiger partial charge in [-0.15, -0.1) is 11.6 Å². The van der Waals surface area contributed by atoms with E-state index >= 15 is 0 Å². The summed E-state index contributed by atoms with van der Waals surface area (Å²) in [4.78, 5) is 4.01. The van der Waals surface area contributed by atoms with Gasteiger partial charge in [0.2, 0.25) is 0 Å². The fraction of sp³-hybridized carbons (Fsp3) is 0.500. The predicted molar refractivity (Wildman–Crippen MR) is 56.7 cm³/mol. The highest BCUT2D eigenvalue weighted by Crippen LogP contribution is 2.32. The van der Waals surface area contributed by atoms with Crippen molar-refractivity contribution in [2.24, 2.45) is 5.92 Å². The molecule has 0 amide bonds. The summed E-state index contributed by atoms with van der Waals surface area (Å²) in [5.41, 5.74) is 6.66. The number of aromatic nitrogens is 1. The Balaban J connectivity index is 2.88. The number of halogens is 1. The largest absolute Gasteiger partial charge is 0.383 e. The molecule has 0 aliphatic rings. The monoisotopic (exact) mass is 198 g/mol. The van der Waals surface area contributed by atoms with Gasteiger partial charge < -0.3 is 5.73 Å². The van der Waals surface area contributed by atoms with Crippen LogP contribution in [0.2, 0.25) is 0 Å². The van der Waals surface area contributed by atoms with E-state index in [-0.39, 0.29) is 5.38 Å². The topological polar surface area (TPSA) is 38.9 Å². The van der Waals surface area contributed by atoms with E-state index in [1.54, 1.807) is 6.20 Å². The molecule has 0 spiro atoms. The van der Waals surface area contributed by atoms with Gasteiger partial charge in [-0.1, -0.05) is 26.3 Å². The van der Waals surface area contributed by atoms with Crippen LogP contribution in [0.4, 0.5) is 5.82 Å². The Labute approximate surface area is 84.1 Å². The summed E-state index contributed by atoms with van der Waals surface area (Å²) in [7, 11) is 0. The second-order valence-electron chi connectivity index (χ2n) is 3.27. The van der Waals surface area contributed by atoms with Crippen LogP contribution in [0.25, 0.3) is 0 Å². The van der Waals surface area contributed by atoms with Gasteiger partial charge in [-0.05, 0) is 12.0 Å². The molecular weight excluding hydrogens is 184 g/mol. The fourth-order valence-electron chi connectivity index (χ4n) is 1.18. The lowest BCUT2D eigenvalue weighted by Crippen LogP contribution is -2.06. The molecule has 0 saturated heterocycles. The number of nitrogens with two attached hydrogens (primary N) is 1. The lowest BCUT2D eigenvalue weighted by atomic mass is 9.99. The molecule has 13 heavy (non-hydrogen) atoms. The Kier molecular flexibility index (Phi) is 3.55. The average Bonchev–Trinajstić information content (AvgIpc) is 2.16. The number of anilines is 1. The first-order chi connectivity index (χ1) is 6.16. The van der Waals surface area contributed by atoms with Crippen molar-refractivity contribution < 1.29 is 0 Å². The smallest absolute Gasteiger partial charge is 0.128 e. The van der Waals surface area contributed by atoms with Crippen LogP contribution < -0.4 is 5.73 Å². The highest BCUT2D eigenvalue weighted by molar-refractivity contribution is 6.21. The zero-order chi connectivity index (χ0) is 9.84. The standard InChI is InChI=1S/C10H15ClN2/c1-3-7(2)9(11)8-5-4-6-13-10(8)12/h4-7,9H,3H2,1-2H3,(H2,12,13). The van der Waals surface area contributed by atoms with E-state index < -0.39 is 0 Å². The van der Waals surface area contributed by atoms with Gasteiger partial charge in [0, 0.05) is 11.8 Å². The van der Waals surface area contributed by atoms with Crippen molar-refractivity contribution in [3.05, 3.63) is 23.9 Å². The molecule has 2 N–H and O–H groups in total. The molecule has 1 heterocycles. The van der Waals surface area contributed by atoms with Crippen molar-refractivity contribution in [1.82, 2.24) is 4.98 Å². The molecular formula is C10H15ClN2. The molecule has 2 unspecified atom stereocenters. The minimum absolute atomic E-state index is 0.0290. The van der Waals surface area contributed by atoms with E-state index in [4.69, 9.17) is 17.3 Å². The number of pyridine rings is 1. The van der Waals surface area contributed by atoms with E-state index in [0.717, 1.165) is 12.0 Å². The van der Waals surface area contributed by atoms with Crippen LogP contribution in [0.15, 0.2) is 18.3 Å². The van der Waals surface area contributed by atoms with Gasteiger partial charge in [-0.2, -0.15) is 0 Å². The molecule has 72 valence electrons. The summed E-state index contributed by atoms with van der Waals surface area (Å²) in [6, 6.07) is 3.80. The van der Waals surface area contributed by atoms with E-state index in [2.05, 4.69) is 18.8 Å². The van der Waals surface area contributed by atoms with Crippen LogP contribution in [0, 0.1) is 5.92 Å². The molecule has 2 nitrogen and oxygen atoms in total. The van der Waals surface area contributed by atoms with Gasteiger partial charge in [-0.25, -0.2) is 4.98 Å². The zero-order valence-electron chi connectivity index (χ0n) is 8.00. The lowest BCUT2D eigenvalue weighted by molar-refractivity contribution is 0.542. The summed E-state index contributed by atoms with van der Waals surface area (Å²) in [5, 5.41) is -0.0290. The van der Waals surface area contributed by atoms with Gasteiger partial charge in [0.25, 0.3) is 0 Å². The lowest BCUT2D eigenvalue weighted by Gasteiger charge is -2.17. The third kappa shape index (κ3) is 2.34. The molecule has 1 aromatic heterocycles. The van der Waals surface area contributed by atoms with Crippen molar-refractivity contribution in [3.8, 4) is 0 Å². The van der Waals surface area contributed by atoms with Crippen molar-refractivity contribution in [1.29, 1.82) is 0 Å². The first kappa shape index (κ1) is 10.3. The van der Waals surface area contributed by atoms with Gasteiger partial charge in [0.15, 0.2) is 0 Å². The summed E-state index contributed by atoms with van der Waals surface area (Å²) in [5.74, 6) is 0.968. The molecule has 0 fully saturated rings. The maximum atomic E-state index is 6.24. The third-order valence-electron chi connectivity index (χ3n) is 2.31. The second-order valence-corrected chi connectivity index (χ2v) is 3.74. The van der Waals surface area contributed by atoms with Crippen LogP contribution >= 0.6 is 11.6 Å². The minimum Gasteiger partial charge on any atom is -0.383 e. The van der Waals surface area contributed by atoms with Crippen molar-refractivity contribution in [3.63, 3.8) is 0 Å². The molecule has 3 heteroatoms. The van der Waals surface area contributed by atoms with Crippen molar-refractivity contribution in [2.75, 3.05) is 5.73 Å². The summed E-state index contributed by atoms with van der Waals surface area (Å²) < 4.78 is 0. The van der Waals surface area contributed by atoms with Gasteiger partial charge in [0.1, 0.15) is 5.82 Å². The van der Waals surface area contributed by atoms with Crippen LogP contribution in [0.1, 0.15) is 31.2 Å². The Morgan fingerprint density at radius 3 is 2.85 bits per heavy atom. The minimum atomic E-state index is -0.0290. The number of nitrogen functional groups attached to an aromatic ring is 1. The zero-order valence-corrected chi connectivity index (χ0v) is 8.75. The molecule has 1 rings (SSSR count). The predicted octanol–water partition coefficient (Wildman–Crippen LogP) is 2.99. The molecule has 0 radical (unpaired) electrons. The first-order valence-corrected chi connectivity index (χ1v) is 4.95. The summed E-state index contributed by atoms with van der Waals surface area (Å²) in [6.45, 7) is 4.23. The van der Waals surface area contributed by atoms with E-state index in [0.29, 0.717) is 11.7 Å². The summed E-state index contributed by atoms with van der Waals surface area (Å²) >= 11 is 6.24. The van der Waals surface area contributed by atoms with Gasteiger partial charge in [-0.3, -0.25) is 0 Å². The Bertz CT molecular complexity index is 275. The molecule has 0 aliphatic heterocycles. The Hall–Kier alpha value is -0.760. The quantitative estimate of drug-likeness (QED) is 0.759. The van der Waals surface area contributed by atoms with Gasteiger partial charge in [0.05, 0.1) is 5.38 Å². The van der Waals surface area contributed by atoms with Crippen LogP contribution in [-0.2, 0) is 0 Å². The Morgan fingerprint density at radius 1 is 1.62 bits per heavy atom. The second kappa shape index (κ2) is 4.47. The molecule has 0 bridgehead atoms. The highest BCUT2D eigenvalue weighted by atomic mass is 35.5.